The molecular weight excluding hydrogens is 420 g/mol. The second-order valence-electron chi connectivity index (χ2n) is 6.71. The fraction of sp³-hybridized carbons (Fsp3) is 0.368. The van der Waals surface area contributed by atoms with Gasteiger partial charge in [-0.05, 0) is 23.6 Å². The molecule has 0 fully saturated rings. The molecule has 0 aliphatic carbocycles. The van der Waals surface area contributed by atoms with E-state index in [0.717, 1.165) is 23.5 Å². The average Bonchev–Trinajstić information content (AvgIpc) is 3.04. The predicted octanol–water partition coefficient (Wildman–Crippen LogP) is 2.56. The van der Waals surface area contributed by atoms with Crippen LogP contribution in [0.1, 0.15) is 40.7 Å². The molecular formula is C19H21F2N3O5S. The summed E-state index contributed by atoms with van der Waals surface area (Å²) in [7, 11) is 1.33. The van der Waals surface area contributed by atoms with Crippen LogP contribution in [0.15, 0.2) is 18.2 Å². The minimum absolute atomic E-state index is 0.0728. The highest BCUT2D eigenvalue weighted by Crippen LogP contribution is 2.29. The van der Waals surface area contributed by atoms with Crippen LogP contribution >= 0.6 is 11.3 Å². The number of aromatic carboxylic acids is 1. The molecule has 2 amide bonds. The van der Waals surface area contributed by atoms with Crippen LogP contribution in [0.4, 0.5) is 13.9 Å². The number of halogens is 2. The predicted molar refractivity (Wildman–Crippen MR) is 106 cm³/mol. The van der Waals surface area contributed by atoms with Crippen molar-refractivity contribution >= 4 is 34.3 Å². The van der Waals surface area contributed by atoms with Gasteiger partial charge in [0.05, 0.1) is 13.0 Å². The molecule has 0 saturated carbocycles. The molecule has 3 N–H and O–H groups in total. The summed E-state index contributed by atoms with van der Waals surface area (Å²) in [5.74, 6) is -4.27. The lowest BCUT2D eigenvalue weighted by atomic mass is 10.1. The van der Waals surface area contributed by atoms with Crippen LogP contribution in [0.2, 0.25) is 0 Å². The van der Waals surface area contributed by atoms with Crippen LogP contribution in [0, 0.1) is 11.6 Å². The van der Waals surface area contributed by atoms with Gasteiger partial charge in [0.2, 0.25) is 5.91 Å². The largest absolute Gasteiger partial charge is 0.476 e. The lowest BCUT2D eigenvalue weighted by molar-refractivity contribution is -0.127. The molecule has 2 aromatic rings. The van der Waals surface area contributed by atoms with Gasteiger partial charge in [-0.2, -0.15) is 0 Å². The molecule has 0 saturated heterocycles. The topological polar surface area (TPSA) is 118 Å². The number of aromatic nitrogens is 1. The van der Waals surface area contributed by atoms with Crippen LogP contribution in [0.3, 0.4) is 0 Å². The lowest BCUT2D eigenvalue weighted by Gasteiger charge is -2.17. The number of carboxylic acids is 1. The number of carboxylic acid groups (broad SMARTS) is 1. The third kappa shape index (κ3) is 6.29. The first kappa shape index (κ1) is 23.4. The number of amides is 2. The lowest BCUT2D eigenvalue weighted by Crippen LogP contribution is -2.47. The minimum atomic E-state index is -1.21. The Morgan fingerprint density at radius 3 is 2.33 bits per heavy atom. The van der Waals surface area contributed by atoms with Gasteiger partial charge in [0, 0.05) is 18.1 Å². The molecule has 1 aromatic carbocycles. The molecule has 0 spiro atoms. The van der Waals surface area contributed by atoms with Crippen molar-refractivity contribution < 1.29 is 33.0 Å². The van der Waals surface area contributed by atoms with Gasteiger partial charge in [-0.15, -0.1) is 11.3 Å². The van der Waals surface area contributed by atoms with E-state index in [4.69, 9.17) is 4.74 Å². The first-order valence-electron chi connectivity index (χ1n) is 8.88. The van der Waals surface area contributed by atoms with Gasteiger partial charge in [0.15, 0.2) is 10.8 Å². The Labute approximate surface area is 175 Å². The van der Waals surface area contributed by atoms with Crippen molar-refractivity contribution in [3.05, 3.63) is 46.0 Å². The minimum Gasteiger partial charge on any atom is -0.476 e. The number of nitrogens with zero attached hydrogens (tertiary/aromatic N) is 1. The number of nitrogens with one attached hydrogen (secondary N) is 2. The highest BCUT2D eigenvalue weighted by Gasteiger charge is 2.25. The summed E-state index contributed by atoms with van der Waals surface area (Å²) in [6.07, 6.45) is -0.347. The number of carbonyl (C=O) groups is 3. The quantitative estimate of drug-likeness (QED) is 0.551. The van der Waals surface area contributed by atoms with E-state index in [0.29, 0.717) is 10.9 Å². The summed E-state index contributed by atoms with van der Waals surface area (Å²) in [5, 5.41) is 14.2. The fourth-order valence-corrected chi connectivity index (χ4v) is 3.58. The first-order chi connectivity index (χ1) is 14.1. The van der Waals surface area contributed by atoms with E-state index in [1.165, 1.54) is 7.11 Å². The third-order valence-corrected chi connectivity index (χ3v) is 5.15. The van der Waals surface area contributed by atoms with E-state index in [9.17, 15) is 28.3 Å². The zero-order valence-corrected chi connectivity index (χ0v) is 17.3. The molecule has 2 rings (SSSR count). The fourth-order valence-electron chi connectivity index (χ4n) is 2.62. The molecule has 1 atom stereocenters. The van der Waals surface area contributed by atoms with Crippen molar-refractivity contribution in [3.8, 4) is 0 Å². The second kappa shape index (κ2) is 10.2. The summed E-state index contributed by atoms with van der Waals surface area (Å²) in [5.41, 5.74) is -0.0417. The smallest absolute Gasteiger partial charge is 0.355 e. The number of carbonyl (C=O) groups excluding carboxylic acids is 2. The number of anilines is 1. The molecule has 0 bridgehead atoms. The number of ether oxygens (including phenoxy) is 1. The Bertz CT molecular complexity index is 928. The first-order valence-corrected chi connectivity index (χ1v) is 9.70. The molecule has 1 heterocycles. The van der Waals surface area contributed by atoms with Crippen molar-refractivity contribution in [2.45, 2.75) is 32.2 Å². The molecule has 8 nitrogen and oxygen atoms in total. The van der Waals surface area contributed by atoms with Crippen molar-refractivity contribution in [1.82, 2.24) is 10.3 Å². The zero-order chi connectivity index (χ0) is 22.4. The summed E-state index contributed by atoms with van der Waals surface area (Å²) in [6, 6.07) is 1.60. The van der Waals surface area contributed by atoms with Crippen LogP contribution in [0.25, 0.3) is 0 Å². The maximum absolute atomic E-state index is 13.3. The van der Waals surface area contributed by atoms with Crippen molar-refractivity contribution in [3.63, 3.8) is 0 Å². The SMILES string of the molecule is COC[C@H](NC(=O)Cc1cc(F)cc(F)c1)C(=O)Nc1nc(C(=O)O)c(C(C)C)s1. The molecule has 0 radical (unpaired) electrons. The standard InChI is InChI=1S/C19H21F2N3O5S/c1-9(2)16-15(18(27)28)23-19(30-16)24-17(26)13(8-29-3)22-14(25)6-10-4-11(20)7-12(21)5-10/h4-5,7,9,13H,6,8H2,1-3H3,(H,22,25)(H,27,28)(H,23,24,26)/t13-/m0/s1. The van der Waals surface area contributed by atoms with Crippen LogP contribution < -0.4 is 10.6 Å². The Balaban J connectivity index is 2.09. The Hall–Kier alpha value is -2.92. The maximum atomic E-state index is 13.3. The third-order valence-electron chi connectivity index (χ3n) is 3.88. The summed E-state index contributed by atoms with van der Waals surface area (Å²) in [6.45, 7) is 3.42. The van der Waals surface area contributed by atoms with Gasteiger partial charge in [-0.1, -0.05) is 13.8 Å². The number of benzene rings is 1. The van der Waals surface area contributed by atoms with E-state index in [2.05, 4.69) is 15.6 Å². The van der Waals surface area contributed by atoms with Crippen molar-refractivity contribution in [2.75, 3.05) is 19.0 Å². The Kier molecular flexibility index (Phi) is 7.95. The molecule has 0 aliphatic heterocycles. The van der Waals surface area contributed by atoms with Gasteiger partial charge in [0.25, 0.3) is 5.91 Å². The van der Waals surface area contributed by atoms with E-state index in [1.807, 2.05) is 0 Å². The van der Waals surface area contributed by atoms with Gasteiger partial charge in [-0.25, -0.2) is 18.6 Å². The Morgan fingerprint density at radius 2 is 1.83 bits per heavy atom. The molecule has 11 heteroatoms. The van der Waals surface area contributed by atoms with E-state index >= 15 is 0 Å². The molecule has 162 valence electrons. The van der Waals surface area contributed by atoms with E-state index in [-0.39, 0.29) is 35.3 Å². The Morgan fingerprint density at radius 1 is 1.20 bits per heavy atom. The number of hydrogen-bond acceptors (Lipinski definition) is 6. The average molecular weight is 441 g/mol. The van der Waals surface area contributed by atoms with Crippen LogP contribution in [-0.4, -0.2) is 47.6 Å². The molecule has 0 unspecified atom stereocenters. The summed E-state index contributed by atoms with van der Waals surface area (Å²) < 4.78 is 31.5. The van der Waals surface area contributed by atoms with Gasteiger partial charge < -0.3 is 20.5 Å². The van der Waals surface area contributed by atoms with E-state index in [1.54, 1.807) is 13.8 Å². The number of hydrogen-bond donors (Lipinski definition) is 3. The number of thiazole rings is 1. The van der Waals surface area contributed by atoms with Gasteiger partial charge in [-0.3, -0.25) is 9.59 Å². The second-order valence-corrected chi connectivity index (χ2v) is 7.74. The van der Waals surface area contributed by atoms with Crippen LogP contribution in [-0.2, 0) is 20.7 Å². The van der Waals surface area contributed by atoms with Crippen molar-refractivity contribution in [1.29, 1.82) is 0 Å². The maximum Gasteiger partial charge on any atom is 0.355 e. The molecule has 1 aromatic heterocycles. The van der Waals surface area contributed by atoms with E-state index < -0.39 is 35.5 Å². The number of rotatable bonds is 9. The van der Waals surface area contributed by atoms with Crippen molar-refractivity contribution in [2.24, 2.45) is 0 Å². The molecule has 30 heavy (non-hydrogen) atoms. The summed E-state index contributed by atoms with van der Waals surface area (Å²) in [4.78, 5) is 40.5. The summed E-state index contributed by atoms with van der Waals surface area (Å²) >= 11 is 1.02. The molecule has 0 aliphatic rings. The highest BCUT2D eigenvalue weighted by atomic mass is 32.1. The van der Waals surface area contributed by atoms with Gasteiger partial charge >= 0.3 is 5.97 Å². The van der Waals surface area contributed by atoms with Crippen LogP contribution in [0.5, 0.6) is 0 Å². The monoisotopic (exact) mass is 441 g/mol. The number of methoxy groups -OCH3 is 1. The normalized spacial score (nSPS) is 11.9. The zero-order valence-electron chi connectivity index (χ0n) is 16.5. The van der Waals surface area contributed by atoms with Gasteiger partial charge in [0.1, 0.15) is 17.7 Å². The highest BCUT2D eigenvalue weighted by molar-refractivity contribution is 7.16.